The second-order valence-electron chi connectivity index (χ2n) is 2.77. The first-order valence-corrected chi connectivity index (χ1v) is 4.68. The van der Waals surface area contributed by atoms with Gasteiger partial charge in [0.05, 0.1) is 6.42 Å². The van der Waals surface area contributed by atoms with Crippen molar-refractivity contribution >= 4 is 28.3 Å². The highest BCUT2D eigenvalue weighted by molar-refractivity contribution is 9.10. The van der Waals surface area contributed by atoms with Gasteiger partial charge in [-0.15, -0.1) is 0 Å². The molecule has 0 aliphatic heterocycles. The number of allylic oxidation sites excluding steroid dienone is 1. The fraction of sp³-hybridized carbons (Fsp3) is 0.222. The summed E-state index contributed by atoms with van der Waals surface area (Å²) in [5, 5.41) is 0. The summed E-state index contributed by atoms with van der Waals surface area (Å²) >= 11 is 3.00. The van der Waals surface area contributed by atoms with Gasteiger partial charge < -0.3 is 4.42 Å². The lowest BCUT2D eigenvalue weighted by atomic mass is 10.2. The molecule has 0 aliphatic rings. The van der Waals surface area contributed by atoms with Crippen LogP contribution in [0.5, 0.6) is 0 Å². The Morgan fingerprint density at radius 3 is 2.53 bits per heavy atom. The van der Waals surface area contributed by atoms with Crippen LogP contribution in [0.4, 0.5) is 13.2 Å². The van der Waals surface area contributed by atoms with Crippen LogP contribution in [0.1, 0.15) is 12.2 Å². The minimum absolute atomic E-state index is 0.171. The van der Waals surface area contributed by atoms with Crippen molar-refractivity contribution in [2.75, 3.05) is 0 Å². The van der Waals surface area contributed by atoms with Crippen molar-refractivity contribution in [3.8, 4) is 0 Å². The molecule has 0 bridgehead atoms. The van der Waals surface area contributed by atoms with Gasteiger partial charge in [-0.25, -0.2) is 0 Å². The maximum absolute atomic E-state index is 12.0. The molecule has 1 rings (SSSR count). The summed E-state index contributed by atoms with van der Waals surface area (Å²) in [6.45, 7) is 0. The number of hydrogen-bond donors (Lipinski definition) is 0. The normalized spacial score (nSPS) is 12.9. The van der Waals surface area contributed by atoms with E-state index in [2.05, 4.69) is 15.9 Å². The Morgan fingerprint density at radius 1 is 1.47 bits per heavy atom. The van der Waals surface area contributed by atoms with Crippen LogP contribution in [0, 0.1) is 0 Å². The average Bonchev–Trinajstić information content (AvgIpc) is 2.47. The van der Waals surface area contributed by atoms with Crippen LogP contribution in [-0.2, 0) is 4.79 Å². The van der Waals surface area contributed by atoms with Gasteiger partial charge in [0.25, 0.3) is 0 Å². The van der Waals surface area contributed by atoms with Crippen molar-refractivity contribution in [3.05, 3.63) is 28.1 Å². The Hall–Kier alpha value is -1.04. The number of alkyl halides is 3. The number of carbonyl (C=O) groups excluding carboxylic acids is 1. The first kappa shape index (κ1) is 12.0. The van der Waals surface area contributed by atoms with Gasteiger partial charge in [-0.1, -0.05) is 0 Å². The first-order chi connectivity index (χ1) is 6.90. The fourth-order valence-electron chi connectivity index (χ4n) is 0.947. The van der Waals surface area contributed by atoms with Crippen LogP contribution in [-0.4, -0.2) is 12.5 Å². The summed E-state index contributed by atoms with van der Waals surface area (Å²) in [4.78, 5) is 10.4. The van der Waals surface area contributed by atoms with Crippen LogP contribution >= 0.6 is 15.9 Å². The van der Waals surface area contributed by atoms with Crippen molar-refractivity contribution in [1.82, 2.24) is 0 Å². The van der Waals surface area contributed by atoms with Crippen LogP contribution in [0.2, 0.25) is 0 Å². The zero-order valence-corrected chi connectivity index (χ0v) is 8.93. The van der Waals surface area contributed by atoms with Gasteiger partial charge in [-0.2, -0.15) is 13.2 Å². The number of halogens is 4. The van der Waals surface area contributed by atoms with Gasteiger partial charge in [0.2, 0.25) is 0 Å². The lowest BCUT2D eigenvalue weighted by Crippen LogP contribution is -2.08. The molecule has 0 N–H and O–H groups in total. The van der Waals surface area contributed by atoms with E-state index in [0.29, 0.717) is 4.67 Å². The van der Waals surface area contributed by atoms with Crippen LogP contribution in [0.25, 0.3) is 6.08 Å². The number of rotatable bonds is 3. The third kappa shape index (κ3) is 4.33. The zero-order valence-electron chi connectivity index (χ0n) is 7.34. The SMILES string of the molecule is O=C/C(=C/c1ccc(Br)o1)CC(F)(F)F. The van der Waals surface area contributed by atoms with E-state index in [1.165, 1.54) is 12.1 Å². The second-order valence-corrected chi connectivity index (χ2v) is 3.55. The lowest BCUT2D eigenvalue weighted by molar-refractivity contribution is -0.130. The predicted molar refractivity (Wildman–Crippen MR) is 51.1 cm³/mol. The average molecular weight is 283 g/mol. The summed E-state index contributed by atoms with van der Waals surface area (Å²) in [7, 11) is 0. The van der Waals surface area contributed by atoms with Gasteiger partial charge in [0, 0.05) is 5.57 Å². The Bertz CT molecular complexity index is 379. The minimum atomic E-state index is -4.39. The molecule has 6 heteroatoms. The van der Waals surface area contributed by atoms with Crippen molar-refractivity contribution in [2.24, 2.45) is 0 Å². The molecule has 2 nitrogen and oxygen atoms in total. The molecule has 0 spiro atoms. The number of hydrogen-bond acceptors (Lipinski definition) is 2. The van der Waals surface area contributed by atoms with Crippen LogP contribution in [0.15, 0.2) is 26.8 Å². The minimum Gasteiger partial charge on any atom is -0.450 e. The summed E-state index contributed by atoms with van der Waals surface area (Å²) in [6.07, 6.45) is -4.42. The quantitative estimate of drug-likeness (QED) is 0.627. The molecule has 1 aromatic heterocycles. The Balaban J connectivity index is 2.83. The fourth-order valence-corrected chi connectivity index (χ4v) is 1.27. The largest absolute Gasteiger partial charge is 0.450 e. The number of furan rings is 1. The Labute approximate surface area is 91.9 Å². The van der Waals surface area contributed by atoms with Gasteiger partial charge in [-0.3, -0.25) is 4.79 Å². The van der Waals surface area contributed by atoms with E-state index in [4.69, 9.17) is 4.42 Å². The highest BCUT2D eigenvalue weighted by Gasteiger charge is 2.28. The van der Waals surface area contributed by atoms with Gasteiger partial charge in [0.1, 0.15) is 12.0 Å². The summed E-state index contributed by atoms with van der Waals surface area (Å²) in [5.41, 5.74) is -0.371. The van der Waals surface area contributed by atoms with E-state index in [1.54, 1.807) is 0 Å². The Morgan fingerprint density at radius 2 is 2.13 bits per heavy atom. The van der Waals surface area contributed by atoms with Gasteiger partial charge in [-0.05, 0) is 34.1 Å². The molecule has 0 aromatic carbocycles. The molecule has 15 heavy (non-hydrogen) atoms. The molecular formula is C9H6BrF3O2. The van der Waals surface area contributed by atoms with E-state index < -0.39 is 12.6 Å². The van der Waals surface area contributed by atoms with E-state index >= 15 is 0 Å². The highest BCUT2D eigenvalue weighted by atomic mass is 79.9. The molecule has 1 heterocycles. The molecule has 0 atom stereocenters. The summed E-state index contributed by atoms with van der Waals surface area (Å²) < 4.78 is 41.2. The molecule has 1 aromatic rings. The third-order valence-corrected chi connectivity index (χ3v) is 1.90. The highest BCUT2D eigenvalue weighted by Crippen LogP contribution is 2.25. The maximum Gasteiger partial charge on any atom is 0.393 e. The summed E-state index contributed by atoms with van der Waals surface area (Å²) in [5.74, 6) is 0.202. The zero-order chi connectivity index (χ0) is 11.5. The monoisotopic (exact) mass is 282 g/mol. The molecule has 0 amide bonds. The molecule has 0 radical (unpaired) electrons. The second kappa shape index (κ2) is 4.65. The molecule has 0 fully saturated rings. The van der Waals surface area contributed by atoms with Crippen molar-refractivity contribution < 1.29 is 22.4 Å². The van der Waals surface area contributed by atoms with Crippen LogP contribution < -0.4 is 0 Å². The molecule has 0 saturated carbocycles. The van der Waals surface area contributed by atoms with Gasteiger partial charge >= 0.3 is 6.18 Å². The molecule has 0 unspecified atom stereocenters. The molecular weight excluding hydrogens is 277 g/mol. The predicted octanol–water partition coefficient (Wildman–Crippen LogP) is 3.58. The first-order valence-electron chi connectivity index (χ1n) is 3.88. The third-order valence-electron chi connectivity index (χ3n) is 1.48. The standard InChI is InChI=1S/C9H6BrF3O2/c10-8-2-1-7(15-8)3-6(5-14)4-9(11,12)13/h1-3,5H,4H2/b6-3+. The molecule has 0 aliphatic carbocycles. The number of aldehydes is 1. The molecule has 0 saturated heterocycles. The maximum atomic E-state index is 12.0. The van der Waals surface area contributed by atoms with Crippen LogP contribution in [0.3, 0.4) is 0 Å². The van der Waals surface area contributed by atoms with E-state index in [0.717, 1.165) is 6.08 Å². The Kier molecular flexibility index (Phi) is 3.73. The lowest BCUT2D eigenvalue weighted by Gasteiger charge is -2.04. The smallest absolute Gasteiger partial charge is 0.393 e. The molecule has 82 valence electrons. The van der Waals surface area contributed by atoms with E-state index in [1.807, 2.05) is 0 Å². The van der Waals surface area contributed by atoms with E-state index in [9.17, 15) is 18.0 Å². The van der Waals surface area contributed by atoms with Crippen molar-refractivity contribution in [2.45, 2.75) is 12.6 Å². The summed E-state index contributed by atoms with van der Waals surface area (Å²) in [6, 6.07) is 2.99. The van der Waals surface area contributed by atoms with Gasteiger partial charge in [0.15, 0.2) is 4.67 Å². The number of carbonyl (C=O) groups is 1. The topological polar surface area (TPSA) is 30.2 Å². The van der Waals surface area contributed by atoms with E-state index in [-0.39, 0.29) is 17.6 Å². The van der Waals surface area contributed by atoms with Crippen molar-refractivity contribution in [3.63, 3.8) is 0 Å². The van der Waals surface area contributed by atoms with Crippen molar-refractivity contribution in [1.29, 1.82) is 0 Å².